The summed E-state index contributed by atoms with van der Waals surface area (Å²) in [5, 5.41) is 0.350. The Kier molecular flexibility index (Phi) is 3.36. The maximum Gasteiger partial charge on any atom is 0.146 e. The zero-order chi connectivity index (χ0) is 10.7. The number of ketones is 2. The summed E-state index contributed by atoms with van der Waals surface area (Å²) in [5.74, 6) is -1.31. The van der Waals surface area contributed by atoms with Crippen molar-refractivity contribution in [3.63, 3.8) is 0 Å². The first-order chi connectivity index (χ1) is 6.54. The van der Waals surface area contributed by atoms with Crippen LogP contribution in [0.5, 0.6) is 0 Å². The van der Waals surface area contributed by atoms with Crippen LogP contribution in [0.25, 0.3) is 0 Å². The summed E-state index contributed by atoms with van der Waals surface area (Å²) in [6.45, 7) is 2.72. The molecule has 0 saturated heterocycles. The lowest BCUT2D eigenvalue weighted by molar-refractivity contribution is -0.126. The molecule has 0 radical (unpaired) electrons. The van der Waals surface area contributed by atoms with Crippen molar-refractivity contribution in [3.05, 3.63) is 29.0 Å². The number of Topliss-reactive ketones (excluding diaryl/α,β-unsaturated/α-hetero) is 2. The van der Waals surface area contributed by atoms with E-state index in [0.29, 0.717) is 10.7 Å². The Labute approximate surface area is 87.1 Å². The van der Waals surface area contributed by atoms with Crippen molar-refractivity contribution in [1.82, 2.24) is 4.98 Å². The van der Waals surface area contributed by atoms with Crippen LogP contribution in [0.3, 0.4) is 0 Å². The van der Waals surface area contributed by atoms with Crippen LogP contribution < -0.4 is 0 Å². The Morgan fingerprint density at radius 2 is 1.93 bits per heavy atom. The minimum Gasteiger partial charge on any atom is -0.299 e. The van der Waals surface area contributed by atoms with Gasteiger partial charge >= 0.3 is 0 Å². The van der Waals surface area contributed by atoms with Crippen LogP contribution in [0.2, 0.25) is 5.02 Å². The SMILES string of the molecule is CC(=O)C(C(C)=O)c1ncccc1Cl. The number of hydrogen-bond acceptors (Lipinski definition) is 3. The van der Waals surface area contributed by atoms with E-state index in [1.807, 2.05) is 0 Å². The first-order valence-electron chi connectivity index (χ1n) is 4.15. The van der Waals surface area contributed by atoms with Gasteiger partial charge in [0.15, 0.2) is 0 Å². The van der Waals surface area contributed by atoms with Crippen molar-refractivity contribution < 1.29 is 9.59 Å². The summed E-state index contributed by atoms with van der Waals surface area (Å²) in [6, 6.07) is 3.27. The van der Waals surface area contributed by atoms with Gasteiger partial charge < -0.3 is 0 Å². The highest BCUT2D eigenvalue weighted by atomic mass is 35.5. The van der Waals surface area contributed by atoms with Gasteiger partial charge in [0.2, 0.25) is 0 Å². The fraction of sp³-hybridized carbons (Fsp3) is 0.300. The average Bonchev–Trinajstić information content (AvgIpc) is 2.07. The molecule has 1 heterocycles. The number of carbonyl (C=O) groups excluding carboxylic acids is 2. The molecule has 0 aliphatic rings. The number of pyridine rings is 1. The van der Waals surface area contributed by atoms with Crippen LogP contribution in [0, 0.1) is 0 Å². The summed E-state index contributed by atoms with van der Waals surface area (Å²) in [4.78, 5) is 26.4. The molecule has 0 aliphatic heterocycles. The second-order valence-electron chi connectivity index (χ2n) is 3.02. The average molecular weight is 212 g/mol. The Morgan fingerprint density at radius 3 is 2.36 bits per heavy atom. The molecule has 0 saturated carbocycles. The van der Waals surface area contributed by atoms with Crippen LogP contribution in [-0.4, -0.2) is 16.6 Å². The number of carbonyl (C=O) groups is 2. The molecular formula is C10H10ClNO2. The molecule has 0 fully saturated rings. The highest BCUT2D eigenvalue weighted by Crippen LogP contribution is 2.23. The maximum absolute atomic E-state index is 11.2. The quantitative estimate of drug-likeness (QED) is 0.719. The maximum atomic E-state index is 11.2. The lowest BCUT2D eigenvalue weighted by atomic mass is 9.96. The predicted octanol–water partition coefficient (Wildman–Crippen LogP) is 2.00. The largest absolute Gasteiger partial charge is 0.299 e. The molecule has 0 N–H and O–H groups in total. The van der Waals surface area contributed by atoms with Gasteiger partial charge in [0.1, 0.15) is 17.5 Å². The topological polar surface area (TPSA) is 47.0 Å². The number of nitrogens with zero attached hydrogens (tertiary/aromatic N) is 1. The van der Waals surface area contributed by atoms with E-state index < -0.39 is 5.92 Å². The zero-order valence-electron chi connectivity index (χ0n) is 7.95. The van der Waals surface area contributed by atoms with E-state index in [9.17, 15) is 9.59 Å². The monoisotopic (exact) mass is 211 g/mol. The number of hydrogen-bond donors (Lipinski definition) is 0. The molecule has 0 bridgehead atoms. The lowest BCUT2D eigenvalue weighted by Crippen LogP contribution is -2.18. The molecule has 0 spiro atoms. The minimum atomic E-state index is -0.830. The van der Waals surface area contributed by atoms with Crippen LogP contribution in [0.1, 0.15) is 25.5 Å². The molecule has 74 valence electrons. The Bertz CT molecular complexity index is 362. The van der Waals surface area contributed by atoms with Crippen LogP contribution >= 0.6 is 11.6 Å². The Balaban J connectivity index is 3.18. The standard InChI is InChI=1S/C10H10ClNO2/c1-6(13)9(7(2)14)10-8(11)4-3-5-12-10/h3-5,9H,1-2H3. The lowest BCUT2D eigenvalue weighted by Gasteiger charge is -2.10. The fourth-order valence-corrected chi connectivity index (χ4v) is 1.51. The molecule has 0 aromatic carbocycles. The summed E-state index contributed by atoms with van der Waals surface area (Å²) in [6.07, 6.45) is 1.51. The molecule has 3 nitrogen and oxygen atoms in total. The van der Waals surface area contributed by atoms with Gasteiger partial charge in [0.05, 0.1) is 10.7 Å². The first kappa shape index (κ1) is 10.9. The zero-order valence-corrected chi connectivity index (χ0v) is 8.71. The third-order valence-corrected chi connectivity index (χ3v) is 2.19. The molecule has 0 amide bonds. The van der Waals surface area contributed by atoms with Gasteiger partial charge in [-0.2, -0.15) is 0 Å². The van der Waals surface area contributed by atoms with E-state index in [4.69, 9.17) is 11.6 Å². The third kappa shape index (κ3) is 2.17. The summed E-state index contributed by atoms with van der Waals surface area (Å²) in [7, 11) is 0. The van der Waals surface area contributed by atoms with E-state index in [1.54, 1.807) is 12.1 Å². The van der Waals surface area contributed by atoms with E-state index in [0.717, 1.165) is 0 Å². The smallest absolute Gasteiger partial charge is 0.146 e. The van der Waals surface area contributed by atoms with Crippen molar-refractivity contribution in [1.29, 1.82) is 0 Å². The third-order valence-electron chi connectivity index (χ3n) is 1.87. The van der Waals surface area contributed by atoms with Crippen molar-refractivity contribution in [3.8, 4) is 0 Å². The molecule has 0 atom stereocenters. The molecule has 0 unspecified atom stereocenters. The van der Waals surface area contributed by atoms with Gasteiger partial charge in [-0.15, -0.1) is 0 Å². The Hall–Kier alpha value is -1.22. The van der Waals surface area contributed by atoms with E-state index in [1.165, 1.54) is 20.0 Å². The molecule has 1 rings (SSSR count). The van der Waals surface area contributed by atoms with E-state index in [-0.39, 0.29) is 11.6 Å². The Morgan fingerprint density at radius 1 is 1.36 bits per heavy atom. The highest BCUT2D eigenvalue weighted by Gasteiger charge is 2.25. The highest BCUT2D eigenvalue weighted by molar-refractivity contribution is 6.32. The van der Waals surface area contributed by atoms with Gasteiger partial charge in [-0.3, -0.25) is 14.6 Å². The molecule has 14 heavy (non-hydrogen) atoms. The van der Waals surface area contributed by atoms with Crippen LogP contribution in [0.4, 0.5) is 0 Å². The summed E-state index contributed by atoms with van der Waals surface area (Å²) < 4.78 is 0. The first-order valence-corrected chi connectivity index (χ1v) is 4.53. The predicted molar refractivity (Wildman–Crippen MR) is 53.4 cm³/mol. The molecule has 1 aromatic heterocycles. The van der Waals surface area contributed by atoms with Gasteiger partial charge in [0.25, 0.3) is 0 Å². The molecule has 4 heteroatoms. The number of aromatic nitrogens is 1. The molecular weight excluding hydrogens is 202 g/mol. The molecule has 1 aromatic rings. The second kappa shape index (κ2) is 4.33. The van der Waals surface area contributed by atoms with Crippen molar-refractivity contribution in [2.24, 2.45) is 0 Å². The molecule has 0 aliphatic carbocycles. The van der Waals surface area contributed by atoms with Crippen molar-refractivity contribution in [2.75, 3.05) is 0 Å². The minimum absolute atomic E-state index is 0.238. The second-order valence-corrected chi connectivity index (χ2v) is 3.43. The van der Waals surface area contributed by atoms with E-state index in [2.05, 4.69) is 4.98 Å². The summed E-state index contributed by atoms with van der Waals surface area (Å²) in [5.41, 5.74) is 0.342. The van der Waals surface area contributed by atoms with Gasteiger partial charge in [-0.05, 0) is 26.0 Å². The van der Waals surface area contributed by atoms with Crippen LogP contribution in [-0.2, 0) is 9.59 Å². The van der Waals surface area contributed by atoms with Gasteiger partial charge in [0, 0.05) is 6.20 Å². The van der Waals surface area contributed by atoms with Crippen molar-refractivity contribution in [2.45, 2.75) is 19.8 Å². The normalized spacial score (nSPS) is 10.3. The van der Waals surface area contributed by atoms with E-state index >= 15 is 0 Å². The number of halogens is 1. The fourth-order valence-electron chi connectivity index (χ4n) is 1.28. The van der Waals surface area contributed by atoms with Gasteiger partial charge in [-0.25, -0.2) is 0 Å². The van der Waals surface area contributed by atoms with Crippen LogP contribution in [0.15, 0.2) is 18.3 Å². The van der Waals surface area contributed by atoms with Crippen molar-refractivity contribution >= 4 is 23.2 Å². The van der Waals surface area contributed by atoms with Gasteiger partial charge in [-0.1, -0.05) is 11.6 Å². The summed E-state index contributed by atoms with van der Waals surface area (Å²) >= 11 is 5.84. The number of rotatable bonds is 3.